The average Bonchev–Trinajstić information content (AvgIpc) is 3.29. The Morgan fingerprint density at radius 3 is 2.68 bits per heavy atom. The molecule has 7 nitrogen and oxygen atoms in total. The van der Waals surface area contributed by atoms with Crippen LogP contribution in [0.4, 0.5) is 13.2 Å². The van der Waals surface area contributed by atoms with Crippen LogP contribution in [0.2, 0.25) is 0 Å². The zero-order chi connectivity index (χ0) is 20.5. The number of carboxylic acid groups (broad SMARTS) is 1. The Morgan fingerprint density at radius 1 is 1.36 bits per heavy atom. The van der Waals surface area contributed by atoms with Crippen LogP contribution in [0.25, 0.3) is 16.8 Å². The number of carbonyl (C=O) groups excluding carboxylic acids is 2. The first kappa shape index (κ1) is 19.2. The third kappa shape index (κ3) is 3.75. The maximum absolute atomic E-state index is 12.5. The van der Waals surface area contributed by atoms with E-state index in [0.29, 0.717) is 17.9 Å². The van der Waals surface area contributed by atoms with Crippen molar-refractivity contribution in [2.24, 2.45) is 7.05 Å². The predicted octanol–water partition coefficient (Wildman–Crippen LogP) is 1.21. The van der Waals surface area contributed by atoms with Crippen LogP contribution in [0.15, 0.2) is 47.2 Å². The molecule has 0 radical (unpaired) electrons. The minimum absolute atomic E-state index is 0.00723. The highest BCUT2D eigenvalue weighted by atomic mass is 19.4. The molecule has 0 amide bonds. The molecule has 1 aliphatic carbocycles. The summed E-state index contributed by atoms with van der Waals surface area (Å²) in [6.07, 6.45) is 3.87. The van der Waals surface area contributed by atoms with Crippen LogP contribution in [0.1, 0.15) is 21.7 Å². The average molecular weight is 393 g/mol. The van der Waals surface area contributed by atoms with Crippen molar-refractivity contribution in [3.63, 3.8) is 0 Å². The van der Waals surface area contributed by atoms with E-state index in [-0.39, 0.29) is 5.78 Å². The van der Waals surface area contributed by atoms with Crippen LogP contribution in [0, 0.1) is 0 Å². The van der Waals surface area contributed by atoms with E-state index in [4.69, 9.17) is 14.3 Å². The molecule has 4 rings (SSSR count). The molecule has 28 heavy (non-hydrogen) atoms. The van der Waals surface area contributed by atoms with Gasteiger partial charge in [0.25, 0.3) is 0 Å². The normalized spacial score (nSPS) is 13.0. The van der Waals surface area contributed by atoms with Crippen molar-refractivity contribution in [1.82, 2.24) is 10.3 Å². The number of aromatic nitrogens is 2. The third-order valence-electron chi connectivity index (χ3n) is 4.07. The number of aromatic amines is 1. The van der Waals surface area contributed by atoms with Crippen LogP contribution in [0.3, 0.4) is 0 Å². The van der Waals surface area contributed by atoms with Crippen molar-refractivity contribution >= 4 is 28.6 Å². The molecular weight excluding hydrogens is 379 g/mol. The van der Waals surface area contributed by atoms with Crippen molar-refractivity contribution in [3.05, 3.63) is 59.7 Å². The van der Waals surface area contributed by atoms with E-state index in [9.17, 15) is 18.0 Å². The number of carboxylic acids is 1. The molecule has 3 heterocycles. The topological polar surface area (TPSA) is 102 Å². The second-order valence-corrected chi connectivity index (χ2v) is 5.96. The summed E-state index contributed by atoms with van der Waals surface area (Å²) in [5.41, 5.74) is 3.27. The van der Waals surface area contributed by atoms with Crippen molar-refractivity contribution in [2.45, 2.75) is 12.7 Å². The summed E-state index contributed by atoms with van der Waals surface area (Å²) in [5.74, 6) is -3.01. The fraction of sp³-hybridized carbons (Fsp3) is 0.167. The predicted molar refractivity (Wildman–Crippen MR) is 88.4 cm³/mol. The number of aryl methyl sites for hydroxylation is 1. The van der Waals surface area contributed by atoms with Gasteiger partial charge < -0.3 is 24.6 Å². The van der Waals surface area contributed by atoms with Gasteiger partial charge in [0.05, 0.1) is 23.6 Å². The Hall–Kier alpha value is -3.56. The monoisotopic (exact) mass is 393 g/mol. The fourth-order valence-electron chi connectivity index (χ4n) is 2.71. The number of halogens is 3. The zero-order valence-electron chi connectivity index (χ0n) is 14.5. The fourth-order valence-corrected chi connectivity index (χ4v) is 2.71. The number of hydrogen-bond donors (Lipinski definition) is 2. The summed E-state index contributed by atoms with van der Waals surface area (Å²) < 4.78 is 38.6. The van der Waals surface area contributed by atoms with Gasteiger partial charge in [0.1, 0.15) is 18.7 Å². The number of nitrogens with one attached hydrogen (secondary N) is 2. The third-order valence-corrected chi connectivity index (χ3v) is 4.07. The van der Waals surface area contributed by atoms with Gasteiger partial charge in [-0.25, -0.2) is 4.57 Å². The van der Waals surface area contributed by atoms with Gasteiger partial charge in [-0.3, -0.25) is 4.79 Å². The van der Waals surface area contributed by atoms with E-state index in [2.05, 4.69) is 10.3 Å². The second kappa shape index (κ2) is 7.22. The van der Waals surface area contributed by atoms with E-state index in [1.807, 2.05) is 42.2 Å². The lowest BCUT2D eigenvalue weighted by Gasteiger charge is -2.13. The number of carbonyl (C=O) groups is 2. The molecule has 0 fully saturated rings. The summed E-state index contributed by atoms with van der Waals surface area (Å²) in [5, 5.41) is 14.0. The van der Waals surface area contributed by atoms with E-state index in [1.54, 1.807) is 12.5 Å². The molecule has 0 bridgehead atoms. The van der Waals surface area contributed by atoms with Crippen molar-refractivity contribution < 1.29 is 36.9 Å². The van der Waals surface area contributed by atoms with E-state index in [1.165, 1.54) is 0 Å². The summed E-state index contributed by atoms with van der Waals surface area (Å²) in [7, 11) is 1.98. The number of hydrogen-bond acceptors (Lipinski definition) is 5. The lowest BCUT2D eigenvalue weighted by atomic mass is 10.0. The summed E-state index contributed by atoms with van der Waals surface area (Å²) in [4.78, 5) is 24.4. The van der Waals surface area contributed by atoms with Crippen molar-refractivity contribution in [2.75, 3.05) is 0 Å². The van der Waals surface area contributed by atoms with Gasteiger partial charge in [0, 0.05) is 35.8 Å². The number of rotatable bonds is 3. The number of furan rings is 1. The molecule has 0 aromatic carbocycles. The molecule has 1 aliphatic rings. The molecule has 10 heteroatoms. The number of H-pyrrole nitrogens is 1. The first-order chi connectivity index (χ1) is 13.2. The van der Waals surface area contributed by atoms with E-state index in [0.717, 1.165) is 22.0 Å². The first-order valence-corrected chi connectivity index (χ1v) is 7.97. The Labute approximate surface area is 156 Å². The largest absolute Gasteiger partial charge is 0.542 e. The van der Waals surface area contributed by atoms with Gasteiger partial charge >= 0.3 is 6.18 Å². The number of ketones is 1. The molecule has 0 saturated heterocycles. The Kier molecular flexibility index (Phi) is 4.95. The van der Waals surface area contributed by atoms with Gasteiger partial charge in [-0.05, 0) is 6.07 Å². The molecule has 3 aromatic rings. The second-order valence-electron chi connectivity index (χ2n) is 5.96. The van der Waals surface area contributed by atoms with Gasteiger partial charge in [0.15, 0.2) is 6.20 Å². The van der Waals surface area contributed by atoms with Crippen molar-refractivity contribution in [1.29, 1.82) is 0 Å². The standard InChI is InChI=1S/C16H13N3O2.C2HF3O2/c1-19-4-2-11-8-18-15-14(11)13(19)6-12(16(15)20)17-7-10-3-5-21-9-10;3-2(4,5)1(6)7/h2-6,8-9H,7H2,1H3,(H,17,18,20);(H,6,7). The Bertz CT molecular complexity index is 1070. The number of aliphatic carboxylic acids is 1. The number of pyridine rings is 1. The van der Waals surface area contributed by atoms with Gasteiger partial charge in [0.2, 0.25) is 11.5 Å². The molecule has 0 spiro atoms. The molecule has 2 N–H and O–H groups in total. The number of alkyl halides is 3. The van der Waals surface area contributed by atoms with Crippen LogP contribution in [-0.4, -0.2) is 22.9 Å². The van der Waals surface area contributed by atoms with Crippen molar-refractivity contribution in [3.8, 4) is 0 Å². The quantitative estimate of drug-likeness (QED) is 0.652. The number of nitrogens with zero attached hydrogens (tertiary/aromatic N) is 1. The molecule has 0 atom stereocenters. The maximum atomic E-state index is 12.5. The number of allylic oxidation sites excluding steroid dienone is 1. The highest BCUT2D eigenvalue weighted by molar-refractivity contribution is 6.20. The Morgan fingerprint density at radius 2 is 2.07 bits per heavy atom. The van der Waals surface area contributed by atoms with Crippen LogP contribution < -0.4 is 15.0 Å². The highest BCUT2D eigenvalue weighted by Gasteiger charge is 2.29. The van der Waals surface area contributed by atoms with Gasteiger partial charge in [-0.2, -0.15) is 13.2 Å². The molecule has 0 saturated carbocycles. The SMILES string of the molecule is C[n+]1ccc2c[nH]c3c2c1C=C(NCc1ccoc1)C3=O.O=C([O-])C(F)(F)F. The maximum Gasteiger partial charge on any atom is 0.430 e. The van der Waals surface area contributed by atoms with Crippen LogP contribution in [-0.2, 0) is 18.4 Å². The summed E-state index contributed by atoms with van der Waals surface area (Å²) in [6.45, 7) is 0.559. The zero-order valence-corrected chi connectivity index (χ0v) is 14.5. The van der Waals surface area contributed by atoms with Gasteiger partial charge in [-0.15, -0.1) is 0 Å². The minimum atomic E-state index is -5.19. The lowest BCUT2D eigenvalue weighted by molar-refractivity contribution is -0.671. The Balaban J connectivity index is 0.000000279. The smallest absolute Gasteiger partial charge is 0.430 e. The minimum Gasteiger partial charge on any atom is -0.542 e. The molecular formula is C18H14F3N3O4. The highest BCUT2D eigenvalue weighted by Crippen LogP contribution is 2.27. The van der Waals surface area contributed by atoms with E-state index < -0.39 is 12.1 Å². The molecule has 0 aliphatic heterocycles. The molecule has 3 aromatic heterocycles. The summed E-state index contributed by atoms with van der Waals surface area (Å²) in [6, 6.07) is 3.88. The lowest BCUT2D eigenvalue weighted by Crippen LogP contribution is -2.37. The summed E-state index contributed by atoms with van der Waals surface area (Å²) >= 11 is 0. The molecule has 0 unspecified atom stereocenters. The first-order valence-electron chi connectivity index (χ1n) is 7.97. The van der Waals surface area contributed by atoms with Crippen LogP contribution >= 0.6 is 0 Å². The van der Waals surface area contributed by atoms with E-state index >= 15 is 0 Å². The number of Topliss-reactive ketones (excluding diaryl/α,β-unsaturated/α-hetero) is 1. The molecule has 146 valence electrons. The van der Waals surface area contributed by atoms with Crippen LogP contribution in [0.5, 0.6) is 0 Å². The van der Waals surface area contributed by atoms with Gasteiger partial charge in [-0.1, -0.05) is 0 Å².